The number of benzene rings is 2. The number of amides is 1. The highest BCUT2D eigenvalue weighted by Crippen LogP contribution is 2.26. The van der Waals surface area contributed by atoms with E-state index in [1.807, 2.05) is 0 Å². The van der Waals surface area contributed by atoms with Crippen molar-refractivity contribution in [3.63, 3.8) is 0 Å². The Bertz CT molecular complexity index is 850. The number of furan rings is 1. The Morgan fingerprint density at radius 3 is 2.67 bits per heavy atom. The van der Waals surface area contributed by atoms with Crippen molar-refractivity contribution in [2.24, 2.45) is 0 Å². The van der Waals surface area contributed by atoms with Crippen molar-refractivity contribution >= 4 is 28.9 Å². The minimum absolute atomic E-state index is 0.202. The molecule has 2 N–H and O–H groups in total. The van der Waals surface area contributed by atoms with Gasteiger partial charge in [-0.05, 0) is 36.4 Å². The maximum absolute atomic E-state index is 13.6. The standard InChI is InChI=1S/C18H14ClFN2O2/c19-14-10-13(21-11-12-4-1-2-5-15(12)20)7-8-16(14)22-18(23)17-6-3-9-24-17/h1-10,21H,11H2,(H,22,23). The van der Waals surface area contributed by atoms with Gasteiger partial charge in [-0.25, -0.2) is 4.39 Å². The molecule has 24 heavy (non-hydrogen) atoms. The Kier molecular flexibility index (Phi) is 4.82. The third-order valence-corrected chi connectivity index (χ3v) is 3.72. The quantitative estimate of drug-likeness (QED) is 0.689. The van der Waals surface area contributed by atoms with E-state index in [1.54, 1.807) is 48.5 Å². The molecule has 2 aromatic carbocycles. The molecule has 3 rings (SSSR count). The topological polar surface area (TPSA) is 54.3 Å². The van der Waals surface area contributed by atoms with Crippen molar-refractivity contribution in [1.29, 1.82) is 0 Å². The lowest BCUT2D eigenvalue weighted by atomic mass is 10.2. The highest BCUT2D eigenvalue weighted by molar-refractivity contribution is 6.34. The first kappa shape index (κ1) is 16.1. The number of nitrogens with one attached hydrogen (secondary N) is 2. The minimum atomic E-state index is -0.381. The molecule has 1 aromatic heterocycles. The van der Waals surface area contributed by atoms with Crippen LogP contribution in [-0.4, -0.2) is 5.91 Å². The van der Waals surface area contributed by atoms with Gasteiger partial charge in [-0.1, -0.05) is 29.8 Å². The summed E-state index contributed by atoms with van der Waals surface area (Å²) in [5.41, 5.74) is 1.75. The van der Waals surface area contributed by atoms with E-state index in [-0.39, 0.29) is 17.5 Å². The third kappa shape index (κ3) is 3.75. The second kappa shape index (κ2) is 7.19. The molecule has 0 fully saturated rings. The fourth-order valence-corrected chi connectivity index (χ4v) is 2.38. The Balaban J connectivity index is 1.66. The molecule has 4 nitrogen and oxygen atoms in total. The van der Waals surface area contributed by atoms with Gasteiger partial charge >= 0.3 is 0 Å². The van der Waals surface area contributed by atoms with E-state index in [0.29, 0.717) is 22.8 Å². The molecule has 0 saturated carbocycles. The molecule has 1 heterocycles. The summed E-state index contributed by atoms with van der Waals surface area (Å²) in [6, 6.07) is 14.8. The summed E-state index contributed by atoms with van der Waals surface area (Å²) in [5, 5.41) is 6.13. The number of rotatable bonds is 5. The molecule has 0 saturated heterocycles. The van der Waals surface area contributed by atoms with Gasteiger partial charge in [-0.2, -0.15) is 0 Å². The Labute approximate surface area is 143 Å². The molecule has 3 aromatic rings. The fourth-order valence-electron chi connectivity index (χ4n) is 2.16. The number of anilines is 2. The summed E-state index contributed by atoms with van der Waals surface area (Å²) >= 11 is 6.19. The number of halogens is 2. The van der Waals surface area contributed by atoms with Crippen LogP contribution in [0.4, 0.5) is 15.8 Å². The van der Waals surface area contributed by atoms with Crippen molar-refractivity contribution in [2.75, 3.05) is 10.6 Å². The number of hydrogen-bond donors (Lipinski definition) is 2. The van der Waals surface area contributed by atoms with E-state index in [0.717, 1.165) is 5.69 Å². The average molecular weight is 345 g/mol. The minimum Gasteiger partial charge on any atom is -0.459 e. The molecule has 0 aliphatic carbocycles. The lowest BCUT2D eigenvalue weighted by molar-refractivity contribution is 0.0996. The summed E-state index contributed by atoms with van der Waals surface area (Å²) in [5.74, 6) is -0.444. The fraction of sp³-hybridized carbons (Fsp3) is 0.0556. The zero-order valence-electron chi connectivity index (χ0n) is 12.6. The molecule has 0 aliphatic heterocycles. The van der Waals surface area contributed by atoms with Gasteiger partial charge in [0.05, 0.1) is 17.0 Å². The molecule has 1 amide bonds. The maximum Gasteiger partial charge on any atom is 0.291 e. The Morgan fingerprint density at radius 2 is 1.96 bits per heavy atom. The lowest BCUT2D eigenvalue weighted by Crippen LogP contribution is -2.11. The van der Waals surface area contributed by atoms with Crippen molar-refractivity contribution in [1.82, 2.24) is 0 Å². The molecule has 0 bridgehead atoms. The van der Waals surface area contributed by atoms with Gasteiger partial charge in [0.25, 0.3) is 5.91 Å². The lowest BCUT2D eigenvalue weighted by Gasteiger charge is -2.10. The van der Waals surface area contributed by atoms with Crippen molar-refractivity contribution in [3.05, 3.63) is 83.0 Å². The first-order valence-electron chi connectivity index (χ1n) is 7.25. The van der Waals surface area contributed by atoms with E-state index in [2.05, 4.69) is 10.6 Å². The van der Waals surface area contributed by atoms with Crippen LogP contribution in [0.5, 0.6) is 0 Å². The van der Waals surface area contributed by atoms with Crippen LogP contribution in [0.25, 0.3) is 0 Å². The van der Waals surface area contributed by atoms with Crippen LogP contribution in [0, 0.1) is 5.82 Å². The molecule has 0 spiro atoms. The van der Waals surface area contributed by atoms with Gasteiger partial charge in [-0.3, -0.25) is 4.79 Å². The predicted molar refractivity (Wildman–Crippen MR) is 91.8 cm³/mol. The van der Waals surface area contributed by atoms with Crippen LogP contribution in [0.15, 0.2) is 65.3 Å². The van der Waals surface area contributed by atoms with Crippen molar-refractivity contribution in [2.45, 2.75) is 6.54 Å². The molecule has 0 aliphatic rings. The van der Waals surface area contributed by atoms with Gasteiger partial charge in [-0.15, -0.1) is 0 Å². The largest absolute Gasteiger partial charge is 0.459 e. The Hall–Kier alpha value is -2.79. The third-order valence-electron chi connectivity index (χ3n) is 3.40. The van der Waals surface area contributed by atoms with Gasteiger partial charge in [0, 0.05) is 17.8 Å². The zero-order chi connectivity index (χ0) is 16.9. The van der Waals surface area contributed by atoms with Crippen molar-refractivity contribution in [3.8, 4) is 0 Å². The van der Waals surface area contributed by atoms with Crippen molar-refractivity contribution < 1.29 is 13.6 Å². The summed E-state index contributed by atoms with van der Waals surface area (Å²) < 4.78 is 18.6. The molecule has 0 atom stereocenters. The number of carbonyl (C=O) groups is 1. The average Bonchev–Trinajstić information content (AvgIpc) is 3.11. The van der Waals surface area contributed by atoms with Crippen LogP contribution in [0.1, 0.15) is 16.1 Å². The van der Waals surface area contributed by atoms with E-state index in [1.165, 1.54) is 12.3 Å². The van der Waals surface area contributed by atoms with Crippen LogP contribution in [0.3, 0.4) is 0 Å². The zero-order valence-corrected chi connectivity index (χ0v) is 13.3. The number of carbonyl (C=O) groups excluding carboxylic acids is 1. The Morgan fingerprint density at radius 1 is 1.12 bits per heavy atom. The van der Waals surface area contributed by atoms with Crippen LogP contribution < -0.4 is 10.6 Å². The van der Waals surface area contributed by atoms with E-state index >= 15 is 0 Å². The molecule has 122 valence electrons. The monoisotopic (exact) mass is 344 g/mol. The SMILES string of the molecule is O=C(Nc1ccc(NCc2ccccc2F)cc1Cl)c1ccco1. The summed E-state index contributed by atoms with van der Waals surface area (Å²) in [6.45, 7) is 0.334. The normalized spacial score (nSPS) is 10.4. The van der Waals surface area contributed by atoms with Crippen LogP contribution >= 0.6 is 11.6 Å². The molecular weight excluding hydrogens is 331 g/mol. The van der Waals surface area contributed by atoms with E-state index in [9.17, 15) is 9.18 Å². The first-order chi connectivity index (χ1) is 11.6. The summed E-state index contributed by atoms with van der Waals surface area (Å²) in [6.07, 6.45) is 1.42. The maximum atomic E-state index is 13.6. The highest BCUT2D eigenvalue weighted by Gasteiger charge is 2.11. The van der Waals surface area contributed by atoms with Gasteiger partial charge in [0.15, 0.2) is 5.76 Å². The molecular formula is C18H14ClFN2O2. The van der Waals surface area contributed by atoms with Gasteiger partial charge in [0.2, 0.25) is 0 Å². The number of hydrogen-bond acceptors (Lipinski definition) is 3. The summed E-state index contributed by atoms with van der Waals surface area (Å²) in [7, 11) is 0. The van der Waals surface area contributed by atoms with E-state index in [4.69, 9.17) is 16.0 Å². The van der Waals surface area contributed by atoms with E-state index < -0.39 is 0 Å². The van der Waals surface area contributed by atoms with Gasteiger partial charge < -0.3 is 15.1 Å². The van der Waals surface area contributed by atoms with Crippen LogP contribution in [0.2, 0.25) is 5.02 Å². The molecule has 0 unspecified atom stereocenters. The first-order valence-corrected chi connectivity index (χ1v) is 7.63. The van der Waals surface area contributed by atoms with Gasteiger partial charge in [0.1, 0.15) is 5.82 Å². The second-order valence-corrected chi connectivity index (χ2v) is 5.48. The summed E-state index contributed by atoms with van der Waals surface area (Å²) in [4.78, 5) is 11.9. The smallest absolute Gasteiger partial charge is 0.291 e. The molecule has 6 heteroatoms. The predicted octanol–water partition coefficient (Wildman–Crippen LogP) is 4.94. The van der Waals surface area contributed by atoms with Crippen LogP contribution in [-0.2, 0) is 6.54 Å². The highest BCUT2D eigenvalue weighted by atomic mass is 35.5. The second-order valence-electron chi connectivity index (χ2n) is 5.07. The molecule has 0 radical (unpaired) electrons.